The summed E-state index contributed by atoms with van der Waals surface area (Å²) in [5.74, 6) is 1.73. The Balaban J connectivity index is 1.37. The van der Waals surface area contributed by atoms with E-state index in [1.165, 1.54) is 0 Å². The molecule has 5 fully saturated rings. The zero-order valence-corrected chi connectivity index (χ0v) is 14.7. The second-order valence-corrected chi connectivity index (χ2v) is 8.47. The van der Waals surface area contributed by atoms with Gasteiger partial charge in [0.25, 0.3) is 0 Å². The normalized spacial score (nSPS) is 38.8. The number of nitrogens with two attached hydrogens (primary N) is 1. The number of carbonyl (C=O) groups excluding carboxylic acids is 2. The van der Waals surface area contributed by atoms with Crippen molar-refractivity contribution in [1.29, 1.82) is 0 Å². The van der Waals surface area contributed by atoms with Crippen molar-refractivity contribution in [1.82, 2.24) is 10.6 Å². The Hall–Kier alpha value is -1.56. The van der Waals surface area contributed by atoms with E-state index >= 15 is 0 Å². The number of alkyl carbamates (subject to hydrolysis) is 1. The van der Waals surface area contributed by atoms with Crippen LogP contribution in [0.5, 0.6) is 0 Å². The summed E-state index contributed by atoms with van der Waals surface area (Å²) in [6, 6.07) is 0.579. The van der Waals surface area contributed by atoms with Crippen LogP contribution in [-0.4, -0.2) is 37.2 Å². The van der Waals surface area contributed by atoms with Gasteiger partial charge in [0.2, 0.25) is 5.91 Å². The van der Waals surface area contributed by atoms with E-state index in [4.69, 9.17) is 10.5 Å². The molecule has 25 heavy (non-hydrogen) atoms. The van der Waals surface area contributed by atoms with Crippen molar-refractivity contribution < 1.29 is 14.3 Å². The minimum absolute atomic E-state index is 0.157. The number of amides is 2. The summed E-state index contributed by atoms with van der Waals surface area (Å²) in [6.07, 6.45) is 10.6. The molecule has 2 unspecified atom stereocenters. The third-order valence-electron chi connectivity index (χ3n) is 6.57. The van der Waals surface area contributed by atoms with Crippen molar-refractivity contribution >= 4 is 12.0 Å². The summed E-state index contributed by atoms with van der Waals surface area (Å²) in [7, 11) is 0. The van der Waals surface area contributed by atoms with E-state index in [2.05, 4.69) is 10.6 Å². The van der Waals surface area contributed by atoms with Crippen LogP contribution in [0.2, 0.25) is 0 Å². The maximum absolute atomic E-state index is 12.8. The van der Waals surface area contributed by atoms with Gasteiger partial charge in [-0.05, 0) is 68.8 Å². The molecule has 6 nitrogen and oxygen atoms in total. The second kappa shape index (κ2) is 6.63. The summed E-state index contributed by atoms with van der Waals surface area (Å²) >= 11 is 0. The van der Waals surface area contributed by atoms with E-state index in [0.29, 0.717) is 30.3 Å². The van der Waals surface area contributed by atoms with Crippen LogP contribution in [0.15, 0.2) is 12.2 Å². The number of hydrogen-bond donors (Lipinski definition) is 3. The van der Waals surface area contributed by atoms with Gasteiger partial charge in [-0.15, -0.1) is 0 Å². The molecular formula is C19H29N3O3. The number of rotatable bonds is 6. The Labute approximate surface area is 148 Å². The molecule has 0 heterocycles. The number of carbonyl (C=O) groups is 2. The molecule has 0 radical (unpaired) electrons. The van der Waals surface area contributed by atoms with Crippen molar-refractivity contribution in [2.24, 2.45) is 28.9 Å². The highest BCUT2D eigenvalue weighted by atomic mass is 16.5. The fraction of sp³-hybridized carbons (Fsp3) is 0.789. The van der Waals surface area contributed by atoms with Gasteiger partial charge in [0.05, 0.1) is 5.41 Å². The summed E-state index contributed by atoms with van der Waals surface area (Å²) in [5.41, 5.74) is 5.19. The Kier molecular flexibility index (Phi) is 4.48. The molecule has 5 aliphatic rings. The van der Waals surface area contributed by atoms with Gasteiger partial charge in [-0.2, -0.15) is 0 Å². The predicted molar refractivity (Wildman–Crippen MR) is 93.6 cm³/mol. The minimum atomic E-state index is -0.351. The molecule has 0 aliphatic heterocycles. The summed E-state index contributed by atoms with van der Waals surface area (Å²) in [4.78, 5) is 24.9. The fourth-order valence-electron chi connectivity index (χ4n) is 5.57. The maximum atomic E-state index is 12.8. The van der Waals surface area contributed by atoms with E-state index in [-0.39, 0.29) is 30.1 Å². The van der Waals surface area contributed by atoms with Gasteiger partial charge in [0.1, 0.15) is 6.61 Å². The average molecular weight is 347 g/mol. The van der Waals surface area contributed by atoms with Crippen LogP contribution in [0, 0.1) is 23.2 Å². The Bertz CT molecular complexity index is 556. The molecule has 6 heteroatoms. The molecule has 0 spiro atoms. The largest absolute Gasteiger partial charge is 0.445 e. The van der Waals surface area contributed by atoms with Crippen LogP contribution in [0.25, 0.3) is 0 Å². The molecule has 5 saturated carbocycles. The van der Waals surface area contributed by atoms with Gasteiger partial charge >= 0.3 is 6.09 Å². The summed E-state index contributed by atoms with van der Waals surface area (Å²) in [6.45, 7) is 0.700. The molecule has 5 rings (SSSR count). The maximum Gasteiger partial charge on any atom is 0.407 e. The van der Waals surface area contributed by atoms with Gasteiger partial charge < -0.3 is 21.1 Å². The zero-order chi connectivity index (χ0) is 17.4. The number of ether oxygens (including phenoxy) is 1. The first-order chi connectivity index (χ1) is 12.1. The smallest absolute Gasteiger partial charge is 0.407 e. The Morgan fingerprint density at radius 3 is 2.44 bits per heavy atom. The van der Waals surface area contributed by atoms with E-state index < -0.39 is 0 Å². The van der Waals surface area contributed by atoms with Crippen molar-refractivity contribution in [3.05, 3.63) is 12.2 Å². The molecular weight excluding hydrogens is 318 g/mol. The van der Waals surface area contributed by atoms with Crippen LogP contribution in [0.3, 0.4) is 0 Å². The molecule has 2 amide bonds. The van der Waals surface area contributed by atoms with Crippen molar-refractivity contribution in [3.8, 4) is 0 Å². The highest BCUT2D eigenvalue weighted by Crippen LogP contribution is 2.60. The molecule has 5 aliphatic carbocycles. The lowest BCUT2D eigenvalue weighted by molar-refractivity contribution is -0.149. The lowest BCUT2D eigenvalue weighted by Crippen LogP contribution is -2.62. The van der Waals surface area contributed by atoms with Crippen molar-refractivity contribution in [3.63, 3.8) is 0 Å². The average Bonchev–Trinajstić information content (AvgIpc) is 3.38. The van der Waals surface area contributed by atoms with Crippen LogP contribution < -0.4 is 16.4 Å². The first kappa shape index (κ1) is 16.9. The standard InChI is InChI=1S/C19H29N3O3/c20-5-1-2-6-25-18(24)22-16-13-7-12-8-14(16)11-19(9-12,10-13)17(23)21-15-3-4-15/h1-2,12-16H,3-11,20H2,(H,21,23)(H,22,24)/b2-1+. The monoisotopic (exact) mass is 347 g/mol. The van der Waals surface area contributed by atoms with Crippen LogP contribution in [-0.2, 0) is 9.53 Å². The van der Waals surface area contributed by atoms with E-state index in [0.717, 1.165) is 44.9 Å². The number of hydrogen-bond acceptors (Lipinski definition) is 4. The van der Waals surface area contributed by atoms with E-state index in [1.807, 2.05) is 0 Å². The fourth-order valence-corrected chi connectivity index (χ4v) is 5.57. The highest BCUT2D eigenvalue weighted by Gasteiger charge is 2.59. The molecule has 2 atom stereocenters. The highest BCUT2D eigenvalue weighted by molar-refractivity contribution is 5.84. The number of nitrogens with one attached hydrogen (secondary N) is 2. The molecule has 0 aromatic carbocycles. The molecule has 4 bridgehead atoms. The first-order valence-corrected chi connectivity index (χ1v) is 9.69. The second-order valence-electron chi connectivity index (χ2n) is 8.47. The first-order valence-electron chi connectivity index (χ1n) is 9.69. The zero-order valence-electron chi connectivity index (χ0n) is 14.7. The van der Waals surface area contributed by atoms with Crippen LogP contribution in [0.1, 0.15) is 44.9 Å². The molecule has 4 N–H and O–H groups in total. The Morgan fingerprint density at radius 1 is 1.08 bits per heavy atom. The molecule has 0 aromatic rings. The van der Waals surface area contributed by atoms with Crippen LogP contribution >= 0.6 is 0 Å². The van der Waals surface area contributed by atoms with Gasteiger partial charge in [-0.1, -0.05) is 6.08 Å². The van der Waals surface area contributed by atoms with Crippen molar-refractivity contribution in [2.75, 3.05) is 13.2 Å². The van der Waals surface area contributed by atoms with E-state index in [9.17, 15) is 9.59 Å². The summed E-state index contributed by atoms with van der Waals surface area (Å²) < 4.78 is 5.21. The third kappa shape index (κ3) is 3.41. The molecule has 0 aromatic heterocycles. The topological polar surface area (TPSA) is 93.4 Å². The lowest BCUT2D eigenvalue weighted by atomic mass is 9.47. The third-order valence-corrected chi connectivity index (χ3v) is 6.57. The van der Waals surface area contributed by atoms with Gasteiger partial charge in [-0.3, -0.25) is 4.79 Å². The molecule has 138 valence electrons. The van der Waals surface area contributed by atoms with E-state index in [1.54, 1.807) is 12.2 Å². The summed E-state index contributed by atoms with van der Waals surface area (Å²) in [5, 5.41) is 6.33. The van der Waals surface area contributed by atoms with Gasteiger partial charge in [-0.25, -0.2) is 4.79 Å². The van der Waals surface area contributed by atoms with Gasteiger partial charge in [0, 0.05) is 18.6 Å². The SMILES string of the molecule is NC/C=C/COC(=O)NC1C2CC3CC1CC(C(=O)NC1CC1)(C3)C2. The predicted octanol–water partition coefficient (Wildman–Crippen LogP) is 1.70. The van der Waals surface area contributed by atoms with Crippen LogP contribution in [0.4, 0.5) is 4.79 Å². The quantitative estimate of drug-likeness (QED) is 0.638. The lowest BCUT2D eigenvalue weighted by Gasteiger charge is -2.59. The molecule has 0 saturated heterocycles. The Morgan fingerprint density at radius 2 is 1.80 bits per heavy atom. The van der Waals surface area contributed by atoms with Gasteiger partial charge in [0.15, 0.2) is 0 Å². The van der Waals surface area contributed by atoms with Crippen molar-refractivity contribution in [2.45, 2.75) is 57.0 Å². The minimum Gasteiger partial charge on any atom is -0.445 e.